The fourth-order valence-electron chi connectivity index (χ4n) is 1.89. The third kappa shape index (κ3) is 10.0. The molecule has 0 unspecified atom stereocenters. The quantitative estimate of drug-likeness (QED) is 0.496. The summed E-state index contributed by atoms with van der Waals surface area (Å²) < 4.78 is 10.1. The van der Waals surface area contributed by atoms with Crippen LogP contribution in [0.3, 0.4) is 0 Å². The summed E-state index contributed by atoms with van der Waals surface area (Å²) in [6.07, 6.45) is -1.42. The van der Waals surface area contributed by atoms with Crippen LogP contribution in [-0.2, 0) is 20.9 Å². The van der Waals surface area contributed by atoms with Crippen LogP contribution >= 0.6 is 0 Å². The molecule has 0 radical (unpaired) electrons. The summed E-state index contributed by atoms with van der Waals surface area (Å²) in [4.78, 5) is 35.2. The molecule has 0 bridgehead atoms. The first-order valence-corrected chi connectivity index (χ1v) is 8.54. The maximum Gasteiger partial charge on any atom is 0.408 e. The van der Waals surface area contributed by atoms with E-state index in [2.05, 4.69) is 16.0 Å². The molecule has 0 aromatic heterocycles. The van der Waals surface area contributed by atoms with E-state index in [1.165, 1.54) is 0 Å². The van der Waals surface area contributed by atoms with E-state index in [0.717, 1.165) is 5.56 Å². The molecule has 0 saturated heterocycles. The van der Waals surface area contributed by atoms with E-state index in [4.69, 9.17) is 9.47 Å². The molecular formula is C18H27N3O6. The minimum atomic E-state index is -1.15. The Morgan fingerprint density at radius 2 is 1.67 bits per heavy atom. The Hall–Kier alpha value is -2.81. The number of hydrogen-bond donors (Lipinski definition) is 4. The second-order valence-corrected chi connectivity index (χ2v) is 6.66. The number of carbonyl (C=O) groups excluding carboxylic acids is 3. The van der Waals surface area contributed by atoms with Gasteiger partial charge in [-0.25, -0.2) is 9.59 Å². The first-order chi connectivity index (χ1) is 12.7. The lowest BCUT2D eigenvalue weighted by Gasteiger charge is -2.22. The maximum absolute atomic E-state index is 11.9. The van der Waals surface area contributed by atoms with Crippen LogP contribution in [0.2, 0.25) is 0 Å². The predicted molar refractivity (Wildman–Crippen MR) is 97.9 cm³/mol. The number of nitrogens with one attached hydrogen (secondary N) is 3. The standard InChI is InChI=1S/C18H27N3O6/c1-18(2,3)27-17(25)21-14(11-22)15(23)19-9-10-20-16(24)26-12-13-7-5-4-6-8-13/h4-8,14,22H,9-12H2,1-3H3,(H,19,23)(H,20,24)(H,21,25)/t14-/m0/s1. The Balaban J connectivity index is 2.24. The number of aliphatic hydroxyl groups excluding tert-OH is 1. The largest absolute Gasteiger partial charge is 0.445 e. The second-order valence-electron chi connectivity index (χ2n) is 6.66. The summed E-state index contributed by atoms with van der Waals surface area (Å²) in [5.74, 6) is -0.595. The third-order valence-electron chi connectivity index (χ3n) is 3.10. The van der Waals surface area contributed by atoms with Crippen LogP contribution in [0.15, 0.2) is 30.3 Å². The summed E-state index contributed by atoms with van der Waals surface area (Å²) in [5, 5.41) is 16.5. The Labute approximate surface area is 158 Å². The van der Waals surface area contributed by atoms with Crippen molar-refractivity contribution in [2.24, 2.45) is 0 Å². The van der Waals surface area contributed by atoms with Crippen LogP contribution in [0.25, 0.3) is 0 Å². The fourth-order valence-corrected chi connectivity index (χ4v) is 1.89. The smallest absolute Gasteiger partial charge is 0.408 e. The Bertz CT molecular complexity index is 615. The topological polar surface area (TPSA) is 126 Å². The van der Waals surface area contributed by atoms with Gasteiger partial charge in [-0.05, 0) is 26.3 Å². The van der Waals surface area contributed by atoms with Gasteiger partial charge in [0, 0.05) is 13.1 Å². The molecule has 1 aromatic rings. The molecule has 0 heterocycles. The zero-order valence-corrected chi connectivity index (χ0v) is 15.8. The lowest BCUT2D eigenvalue weighted by Crippen LogP contribution is -2.51. The average molecular weight is 381 g/mol. The highest BCUT2D eigenvalue weighted by atomic mass is 16.6. The van der Waals surface area contributed by atoms with Crippen molar-refractivity contribution >= 4 is 18.1 Å². The minimum absolute atomic E-state index is 0.103. The normalized spacial score (nSPS) is 11.9. The molecule has 0 fully saturated rings. The van der Waals surface area contributed by atoms with Crippen molar-refractivity contribution in [2.75, 3.05) is 19.7 Å². The lowest BCUT2D eigenvalue weighted by molar-refractivity contribution is -0.124. The molecule has 9 heteroatoms. The van der Waals surface area contributed by atoms with Gasteiger partial charge in [0.05, 0.1) is 6.61 Å². The molecule has 27 heavy (non-hydrogen) atoms. The number of alkyl carbamates (subject to hydrolysis) is 2. The SMILES string of the molecule is CC(C)(C)OC(=O)N[C@@H](CO)C(=O)NCCNC(=O)OCc1ccccc1. The lowest BCUT2D eigenvalue weighted by atomic mass is 10.2. The van der Waals surface area contributed by atoms with E-state index in [9.17, 15) is 19.5 Å². The second kappa shape index (κ2) is 11.0. The van der Waals surface area contributed by atoms with Crippen molar-refractivity contribution in [3.05, 3.63) is 35.9 Å². The number of amides is 3. The number of benzene rings is 1. The molecule has 3 amide bonds. The van der Waals surface area contributed by atoms with Crippen LogP contribution in [0, 0.1) is 0 Å². The monoisotopic (exact) mass is 381 g/mol. The number of carbonyl (C=O) groups is 3. The van der Waals surface area contributed by atoms with Gasteiger partial charge in [-0.1, -0.05) is 30.3 Å². The van der Waals surface area contributed by atoms with Crippen molar-refractivity contribution in [3.63, 3.8) is 0 Å². The van der Waals surface area contributed by atoms with E-state index >= 15 is 0 Å². The molecule has 0 saturated carbocycles. The van der Waals surface area contributed by atoms with E-state index in [1.54, 1.807) is 20.8 Å². The minimum Gasteiger partial charge on any atom is -0.445 e. The van der Waals surface area contributed by atoms with Crippen LogP contribution in [0.5, 0.6) is 0 Å². The van der Waals surface area contributed by atoms with Crippen molar-refractivity contribution < 1.29 is 29.0 Å². The fraction of sp³-hybridized carbons (Fsp3) is 0.500. The van der Waals surface area contributed by atoms with Gasteiger partial charge < -0.3 is 30.5 Å². The number of ether oxygens (including phenoxy) is 2. The van der Waals surface area contributed by atoms with Gasteiger partial charge >= 0.3 is 12.2 Å². The zero-order valence-electron chi connectivity index (χ0n) is 15.8. The molecular weight excluding hydrogens is 354 g/mol. The van der Waals surface area contributed by atoms with Crippen LogP contribution < -0.4 is 16.0 Å². The number of aliphatic hydroxyl groups is 1. The predicted octanol–water partition coefficient (Wildman–Crippen LogP) is 0.915. The van der Waals surface area contributed by atoms with Crippen LogP contribution in [0.4, 0.5) is 9.59 Å². The summed E-state index contributed by atoms with van der Waals surface area (Å²) in [7, 11) is 0. The molecule has 1 rings (SSSR count). The zero-order chi connectivity index (χ0) is 20.3. The van der Waals surface area contributed by atoms with Gasteiger partial charge in [-0.2, -0.15) is 0 Å². The highest BCUT2D eigenvalue weighted by Gasteiger charge is 2.23. The molecule has 9 nitrogen and oxygen atoms in total. The third-order valence-corrected chi connectivity index (χ3v) is 3.10. The number of hydrogen-bond acceptors (Lipinski definition) is 6. The molecule has 1 atom stereocenters. The van der Waals surface area contributed by atoms with E-state index in [1.807, 2.05) is 30.3 Å². The summed E-state index contributed by atoms with van der Waals surface area (Å²) in [5.41, 5.74) is 0.143. The van der Waals surface area contributed by atoms with Gasteiger partial charge in [0.2, 0.25) is 5.91 Å². The molecule has 0 aliphatic rings. The van der Waals surface area contributed by atoms with E-state index < -0.39 is 36.3 Å². The van der Waals surface area contributed by atoms with Gasteiger partial charge in [-0.15, -0.1) is 0 Å². The molecule has 150 valence electrons. The van der Waals surface area contributed by atoms with Gasteiger partial charge in [-0.3, -0.25) is 4.79 Å². The number of rotatable bonds is 8. The molecule has 4 N–H and O–H groups in total. The highest BCUT2D eigenvalue weighted by molar-refractivity contribution is 5.85. The van der Waals surface area contributed by atoms with Crippen molar-refractivity contribution in [3.8, 4) is 0 Å². The van der Waals surface area contributed by atoms with Crippen LogP contribution in [0.1, 0.15) is 26.3 Å². The van der Waals surface area contributed by atoms with Crippen molar-refractivity contribution in [1.29, 1.82) is 0 Å². The first-order valence-electron chi connectivity index (χ1n) is 8.54. The van der Waals surface area contributed by atoms with Gasteiger partial charge in [0.25, 0.3) is 0 Å². The summed E-state index contributed by atoms with van der Waals surface area (Å²) in [6.45, 7) is 4.84. The molecule has 0 spiro atoms. The molecule has 0 aliphatic carbocycles. The first kappa shape index (κ1) is 22.2. The van der Waals surface area contributed by atoms with Crippen LogP contribution in [-0.4, -0.2) is 54.5 Å². The highest BCUT2D eigenvalue weighted by Crippen LogP contribution is 2.06. The van der Waals surface area contributed by atoms with E-state index in [-0.39, 0.29) is 19.7 Å². The Morgan fingerprint density at radius 3 is 2.26 bits per heavy atom. The van der Waals surface area contributed by atoms with Gasteiger partial charge in [0.15, 0.2) is 0 Å². The average Bonchev–Trinajstić information content (AvgIpc) is 2.60. The van der Waals surface area contributed by atoms with Crippen molar-refractivity contribution in [1.82, 2.24) is 16.0 Å². The van der Waals surface area contributed by atoms with Gasteiger partial charge in [0.1, 0.15) is 18.2 Å². The molecule has 1 aromatic carbocycles. The Kier molecular flexibility index (Phi) is 9.07. The Morgan fingerprint density at radius 1 is 1.04 bits per heavy atom. The van der Waals surface area contributed by atoms with E-state index in [0.29, 0.717) is 0 Å². The molecule has 0 aliphatic heterocycles. The maximum atomic E-state index is 11.9. The summed E-state index contributed by atoms with van der Waals surface area (Å²) >= 11 is 0. The summed E-state index contributed by atoms with van der Waals surface area (Å²) in [6, 6.07) is 8.07. The van der Waals surface area contributed by atoms with Crippen molar-refractivity contribution in [2.45, 2.75) is 39.0 Å².